The van der Waals surface area contributed by atoms with Crippen LogP contribution in [-0.2, 0) is 0 Å². The Balaban J connectivity index is 0.917. The highest BCUT2D eigenvalue weighted by Gasteiger charge is 2.28. The highest BCUT2D eigenvalue weighted by atomic mass is 15.2. The molecule has 0 saturated carbocycles. The number of para-hydroxylation sites is 6. The second kappa shape index (κ2) is 19.1. The second-order valence-electron chi connectivity index (χ2n) is 23.8. The van der Waals surface area contributed by atoms with E-state index in [0.29, 0.717) is 17.6 Å². The van der Waals surface area contributed by atoms with Crippen LogP contribution in [0.2, 0.25) is 0 Å². The van der Waals surface area contributed by atoms with E-state index in [1.54, 1.807) is 0 Å². The van der Waals surface area contributed by atoms with Crippen molar-refractivity contribution < 1.29 is 0 Å². The van der Waals surface area contributed by atoms with Crippen LogP contribution >= 0.6 is 0 Å². The summed E-state index contributed by atoms with van der Waals surface area (Å²) in [5.41, 5.74) is 17.5. The quantitative estimate of drug-likeness (QED) is 0.160. The zero-order chi connectivity index (χ0) is 59.4. The van der Waals surface area contributed by atoms with Gasteiger partial charge in [0.1, 0.15) is 0 Å². The Bertz CT molecular complexity index is 6040. The normalized spacial score (nSPS) is 12.2. The average Bonchev–Trinajstić information content (AvgIpc) is 1.55. The van der Waals surface area contributed by atoms with Crippen molar-refractivity contribution in [3.8, 4) is 51.5 Å². The first kappa shape index (κ1) is 49.7. The molecule has 91 heavy (non-hydrogen) atoms. The summed E-state index contributed by atoms with van der Waals surface area (Å²) in [6, 6.07) is 110. The van der Waals surface area contributed by atoms with Crippen LogP contribution < -0.4 is 0 Å². The number of nitrogens with zero attached hydrogens (tertiary/aromatic N) is 8. The van der Waals surface area contributed by atoms with Crippen LogP contribution in [0.5, 0.6) is 0 Å². The van der Waals surface area contributed by atoms with Gasteiger partial charge in [-0.2, -0.15) is 9.97 Å². The second-order valence-corrected chi connectivity index (χ2v) is 23.8. The summed E-state index contributed by atoms with van der Waals surface area (Å²) in [4.78, 5) is 16.0. The monoisotopic (exact) mass is 1160 g/mol. The molecule has 0 aliphatic carbocycles. The van der Waals surface area contributed by atoms with Crippen molar-refractivity contribution >= 4 is 131 Å². The van der Waals surface area contributed by atoms with Gasteiger partial charge < -0.3 is 18.3 Å². The Morgan fingerprint density at radius 1 is 0.187 bits per heavy atom. The lowest BCUT2D eigenvalue weighted by Crippen LogP contribution is -2.06. The molecule has 6 heterocycles. The Morgan fingerprint density at radius 3 is 0.780 bits per heavy atom. The minimum atomic E-state index is 0.535. The number of aromatic nitrogens is 8. The fourth-order valence-electron chi connectivity index (χ4n) is 15.4. The highest BCUT2D eigenvalue weighted by molar-refractivity contribution is 6.39. The van der Waals surface area contributed by atoms with Crippen LogP contribution in [0.4, 0.5) is 0 Å². The molecule has 0 bridgehead atoms. The van der Waals surface area contributed by atoms with E-state index in [0.717, 1.165) is 66.7 Å². The Hall–Kier alpha value is -12.4. The van der Waals surface area contributed by atoms with Gasteiger partial charge in [-0.15, -0.1) is 0 Å². The van der Waals surface area contributed by atoms with E-state index in [2.05, 4.69) is 290 Å². The molecule has 0 spiro atoms. The van der Waals surface area contributed by atoms with Gasteiger partial charge in [0.25, 0.3) is 0 Å². The lowest BCUT2D eigenvalue weighted by Gasteiger charge is -2.14. The van der Waals surface area contributed by atoms with Crippen molar-refractivity contribution in [3.63, 3.8) is 0 Å². The molecule has 0 aliphatic heterocycles. The van der Waals surface area contributed by atoms with Gasteiger partial charge in [-0.05, 0) is 84.9 Å². The van der Waals surface area contributed by atoms with E-state index in [1.807, 2.05) is 36.4 Å². The number of fused-ring (bicyclic) bond motifs is 23. The molecule has 14 aromatic carbocycles. The standard InChI is InChI=1S/C83H50N8/c1-5-25-51(26-6-1)81-84-82(52-27-7-2-8-28-52)86-83(85-81)91-71-47-45-55(89-69-43-23-19-39-63(69)75-73-61-37-17-21-41-67(61)87(53-29-9-3-10-30-53)77(73)57-33-13-15-35-59(57)79(75)89)49-65(71)66-50-56(46-48-72(66)91)90-70-44-24-20-40-64(70)76-74-62-38-18-22-42-68(62)88(54-31-11-4-12-32-54)78(74)58-34-14-16-36-60(58)80(76)90/h1-50H. The summed E-state index contributed by atoms with van der Waals surface area (Å²) in [6.45, 7) is 0. The molecule has 0 amide bonds. The Kier molecular flexibility index (Phi) is 10.4. The Labute approximate surface area is 520 Å². The topological polar surface area (TPSA) is 63.3 Å². The van der Waals surface area contributed by atoms with Crippen LogP contribution in [-0.4, -0.2) is 37.8 Å². The van der Waals surface area contributed by atoms with E-state index in [9.17, 15) is 0 Å². The molecule has 0 atom stereocenters. The molecule has 8 heteroatoms. The molecule has 8 nitrogen and oxygen atoms in total. The molecule has 0 radical (unpaired) electrons. The van der Waals surface area contributed by atoms with E-state index < -0.39 is 0 Å². The third-order valence-corrected chi connectivity index (χ3v) is 19.0. The van der Waals surface area contributed by atoms with Gasteiger partial charge >= 0.3 is 0 Å². The third kappa shape index (κ3) is 7.01. The average molecular weight is 1160 g/mol. The third-order valence-electron chi connectivity index (χ3n) is 19.0. The van der Waals surface area contributed by atoms with E-state index in [4.69, 9.17) is 15.0 Å². The summed E-state index contributed by atoms with van der Waals surface area (Å²) < 4.78 is 12.2. The maximum absolute atomic E-state index is 5.43. The van der Waals surface area contributed by atoms with Crippen molar-refractivity contribution in [1.29, 1.82) is 0 Å². The van der Waals surface area contributed by atoms with E-state index in [-0.39, 0.29) is 0 Å². The highest BCUT2D eigenvalue weighted by Crippen LogP contribution is 2.50. The predicted molar refractivity (Wildman–Crippen MR) is 377 cm³/mol. The summed E-state index contributed by atoms with van der Waals surface area (Å²) in [7, 11) is 0. The van der Waals surface area contributed by atoms with Crippen LogP contribution in [0.3, 0.4) is 0 Å². The van der Waals surface area contributed by atoms with Crippen molar-refractivity contribution in [2.75, 3.05) is 0 Å². The maximum Gasteiger partial charge on any atom is 0.238 e. The minimum absolute atomic E-state index is 0.535. The smallest absolute Gasteiger partial charge is 0.238 e. The Morgan fingerprint density at radius 2 is 0.451 bits per heavy atom. The molecule has 20 rings (SSSR count). The number of benzene rings is 14. The molecular formula is C83H50N8. The maximum atomic E-state index is 5.43. The zero-order valence-corrected chi connectivity index (χ0v) is 48.9. The van der Waals surface area contributed by atoms with Crippen molar-refractivity contribution in [1.82, 2.24) is 37.8 Å². The molecular weight excluding hydrogens is 1110 g/mol. The van der Waals surface area contributed by atoms with Gasteiger partial charge in [-0.1, -0.05) is 218 Å². The van der Waals surface area contributed by atoms with Gasteiger partial charge in [0.15, 0.2) is 11.6 Å². The lowest BCUT2D eigenvalue weighted by atomic mass is 9.99. The van der Waals surface area contributed by atoms with E-state index >= 15 is 0 Å². The van der Waals surface area contributed by atoms with Crippen molar-refractivity contribution in [2.24, 2.45) is 0 Å². The van der Waals surface area contributed by atoms with Crippen molar-refractivity contribution in [3.05, 3.63) is 303 Å². The minimum Gasteiger partial charge on any atom is -0.309 e. The van der Waals surface area contributed by atoms with E-state index in [1.165, 1.54) is 97.7 Å². The van der Waals surface area contributed by atoms with Crippen LogP contribution in [0, 0.1) is 0 Å². The largest absolute Gasteiger partial charge is 0.309 e. The molecule has 0 unspecified atom stereocenters. The van der Waals surface area contributed by atoms with Gasteiger partial charge in [0.05, 0.1) is 55.2 Å². The summed E-state index contributed by atoms with van der Waals surface area (Å²) in [6.07, 6.45) is 0. The van der Waals surface area contributed by atoms with Crippen molar-refractivity contribution in [2.45, 2.75) is 0 Å². The first-order chi connectivity index (χ1) is 45.2. The summed E-state index contributed by atoms with van der Waals surface area (Å²) in [5.74, 6) is 1.73. The summed E-state index contributed by atoms with van der Waals surface area (Å²) >= 11 is 0. The molecule has 20 aromatic rings. The lowest BCUT2D eigenvalue weighted by molar-refractivity contribution is 0.953. The van der Waals surface area contributed by atoms with Crippen LogP contribution in [0.25, 0.3) is 182 Å². The molecule has 0 aliphatic rings. The fourth-order valence-corrected chi connectivity index (χ4v) is 15.4. The van der Waals surface area contributed by atoms with Gasteiger partial charge in [0, 0.05) is 109 Å². The fraction of sp³-hybridized carbons (Fsp3) is 0. The zero-order valence-electron chi connectivity index (χ0n) is 48.9. The van der Waals surface area contributed by atoms with Gasteiger partial charge in [-0.25, -0.2) is 4.98 Å². The van der Waals surface area contributed by atoms with Crippen LogP contribution in [0.1, 0.15) is 0 Å². The first-order valence-electron chi connectivity index (χ1n) is 31.0. The van der Waals surface area contributed by atoms with Gasteiger partial charge in [0.2, 0.25) is 5.95 Å². The van der Waals surface area contributed by atoms with Gasteiger partial charge in [-0.3, -0.25) is 4.57 Å². The number of hydrogen-bond donors (Lipinski definition) is 0. The summed E-state index contributed by atoms with van der Waals surface area (Å²) in [5, 5.41) is 16.6. The molecule has 0 saturated heterocycles. The molecule has 422 valence electrons. The van der Waals surface area contributed by atoms with Crippen LogP contribution in [0.15, 0.2) is 303 Å². The first-order valence-corrected chi connectivity index (χ1v) is 31.0. The molecule has 0 fully saturated rings. The SMILES string of the molecule is c1ccc(-c2nc(-c3ccccc3)nc(-n3c4ccc(-n5c6ccccc6c6c7c8ccccc8n(-c8ccccc8)c7c7ccccc7c65)cc4c4cc(-n5c6ccccc6c6c7c8ccccc8n(-c8ccccc8)c7c7ccccc7c65)ccc43)n2)cc1. The molecule has 0 N–H and O–H groups in total. The predicted octanol–water partition coefficient (Wildman–Crippen LogP) is 21.0. The number of rotatable bonds is 7. The molecule has 6 aromatic heterocycles. The number of hydrogen-bond acceptors (Lipinski definition) is 3.